The van der Waals surface area contributed by atoms with Crippen LogP contribution in [0.25, 0.3) is 10.2 Å². The van der Waals surface area contributed by atoms with Gasteiger partial charge in [-0.2, -0.15) is 0 Å². The van der Waals surface area contributed by atoms with Crippen LogP contribution in [0, 0.1) is 0 Å². The lowest BCUT2D eigenvalue weighted by atomic mass is 9.97. The van der Waals surface area contributed by atoms with Crippen molar-refractivity contribution < 1.29 is 4.90 Å². The molecule has 26 heavy (non-hydrogen) atoms. The Kier molecular flexibility index (Phi) is 5.06. The number of benzene rings is 1. The summed E-state index contributed by atoms with van der Waals surface area (Å²) < 4.78 is 0. The first-order valence-corrected chi connectivity index (χ1v) is 10.4. The number of quaternary nitrogens is 1. The molecule has 1 unspecified atom stereocenters. The summed E-state index contributed by atoms with van der Waals surface area (Å²) in [5.41, 5.74) is 2.34. The molecule has 0 spiro atoms. The number of H-pyrrole nitrogens is 1. The Labute approximate surface area is 165 Å². The summed E-state index contributed by atoms with van der Waals surface area (Å²) in [6.45, 7) is 1.42. The summed E-state index contributed by atoms with van der Waals surface area (Å²) in [5.74, 6) is 0.735. The fraction of sp³-hybridized carbons (Fsp3) is 0.368. The van der Waals surface area contributed by atoms with Crippen molar-refractivity contribution in [1.29, 1.82) is 0 Å². The van der Waals surface area contributed by atoms with Crippen LogP contribution >= 0.6 is 34.5 Å². The average molecular weight is 409 g/mol. The van der Waals surface area contributed by atoms with Gasteiger partial charge < -0.3 is 9.88 Å². The predicted octanol–water partition coefficient (Wildman–Crippen LogP) is 3.39. The van der Waals surface area contributed by atoms with E-state index in [-0.39, 0.29) is 5.56 Å². The Hall–Kier alpha value is -1.40. The average Bonchev–Trinajstić information content (AvgIpc) is 2.96. The SMILES string of the molecule is C[NH+](Cc1ccc(Cl)c(Cl)c1)Cc1nc2sc3c(c2c(=O)[nH]1)CCCC3. The maximum atomic E-state index is 12.6. The van der Waals surface area contributed by atoms with Crippen LogP contribution in [0.4, 0.5) is 0 Å². The molecule has 2 N–H and O–H groups in total. The summed E-state index contributed by atoms with van der Waals surface area (Å²) >= 11 is 13.8. The van der Waals surface area contributed by atoms with Gasteiger partial charge in [0.25, 0.3) is 5.56 Å². The number of aromatic amines is 1. The molecule has 3 aromatic rings. The van der Waals surface area contributed by atoms with Crippen LogP contribution in [-0.2, 0) is 25.9 Å². The smallest absolute Gasteiger partial charge is 0.260 e. The molecule has 2 heterocycles. The lowest BCUT2D eigenvalue weighted by molar-refractivity contribution is -0.908. The molecule has 1 aliphatic rings. The molecule has 0 radical (unpaired) electrons. The minimum atomic E-state index is 0.00624. The Bertz CT molecular complexity index is 1030. The molecule has 1 atom stereocenters. The Morgan fingerprint density at radius 3 is 2.81 bits per heavy atom. The fourth-order valence-corrected chi connectivity index (χ4v) is 5.24. The first-order valence-electron chi connectivity index (χ1n) is 8.80. The van der Waals surface area contributed by atoms with E-state index in [1.54, 1.807) is 11.3 Å². The molecule has 4 nitrogen and oxygen atoms in total. The number of fused-ring (bicyclic) bond motifs is 3. The van der Waals surface area contributed by atoms with Crippen molar-refractivity contribution in [2.24, 2.45) is 0 Å². The normalized spacial score (nSPS) is 15.2. The summed E-state index contributed by atoms with van der Waals surface area (Å²) in [6, 6.07) is 5.68. The third-order valence-electron chi connectivity index (χ3n) is 4.83. The number of thiophene rings is 1. The summed E-state index contributed by atoms with van der Waals surface area (Å²) in [4.78, 5) is 23.8. The largest absolute Gasteiger partial charge is 0.327 e. The monoisotopic (exact) mass is 408 g/mol. The quantitative estimate of drug-likeness (QED) is 0.694. The van der Waals surface area contributed by atoms with E-state index >= 15 is 0 Å². The topological polar surface area (TPSA) is 50.2 Å². The number of nitrogens with zero attached hydrogens (tertiary/aromatic N) is 1. The van der Waals surface area contributed by atoms with Gasteiger partial charge in [0.1, 0.15) is 17.9 Å². The molecule has 1 aliphatic carbocycles. The maximum absolute atomic E-state index is 12.6. The first-order chi connectivity index (χ1) is 12.5. The van der Waals surface area contributed by atoms with Gasteiger partial charge in [-0.25, -0.2) is 4.98 Å². The molecule has 0 saturated carbocycles. The van der Waals surface area contributed by atoms with E-state index in [2.05, 4.69) is 12.0 Å². The summed E-state index contributed by atoms with van der Waals surface area (Å²) in [5, 5.41) is 1.94. The number of halogens is 2. The minimum absolute atomic E-state index is 0.00624. The highest BCUT2D eigenvalue weighted by atomic mass is 35.5. The molecule has 4 rings (SSSR count). The van der Waals surface area contributed by atoms with Crippen LogP contribution < -0.4 is 10.5 Å². The van der Waals surface area contributed by atoms with E-state index < -0.39 is 0 Å². The van der Waals surface area contributed by atoms with E-state index in [0.717, 1.165) is 47.4 Å². The van der Waals surface area contributed by atoms with Gasteiger partial charge in [-0.15, -0.1) is 11.3 Å². The van der Waals surface area contributed by atoms with Crippen molar-refractivity contribution in [3.05, 3.63) is 60.4 Å². The van der Waals surface area contributed by atoms with E-state index in [1.807, 2.05) is 18.2 Å². The Morgan fingerprint density at radius 2 is 2.00 bits per heavy atom. The molecule has 0 bridgehead atoms. The zero-order chi connectivity index (χ0) is 18.3. The number of rotatable bonds is 4. The van der Waals surface area contributed by atoms with Gasteiger partial charge >= 0.3 is 0 Å². The Balaban J connectivity index is 1.56. The maximum Gasteiger partial charge on any atom is 0.260 e. The number of hydrogen-bond acceptors (Lipinski definition) is 3. The zero-order valence-corrected chi connectivity index (χ0v) is 16.8. The third-order valence-corrected chi connectivity index (χ3v) is 6.76. The molecule has 7 heteroatoms. The van der Waals surface area contributed by atoms with Crippen LogP contribution in [-0.4, -0.2) is 17.0 Å². The number of hydrogen-bond donors (Lipinski definition) is 2. The van der Waals surface area contributed by atoms with Crippen LogP contribution in [0.2, 0.25) is 10.0 Å². The number of nitrogens with one attached hydrogen (secondary N) is 2. The molecule has 0 amide bonds. The third kappa shape index (κ3) is 3.54. The van der Waals surface area contributed by atoms with E-state index in [0.29, 0.717) is 16.6 Å². The highest BCUT2D eigenvalue weighted by Gasteiger charge is 2.20. The molecular formula is C19H20Cl2N3OS+. The second-order valence-electron chi connectivity index (χ2n) is 6.96. The molecule has 0 fully saturated rings. The van der Waals surface area contributed by atoms with E-state index in [1.165, 1.54) is 21.8 Å². The predicted molar refractivity (Wildman–Crippen MR) is 108 cm³/mol. The molecule has 0 saturated heterocycles. The highest BCUT2D eigenvalue weighted by Crippen LogP contribution is 2.33. The van der Waals surface area contributed by atoms with Crippen molar-refractivity contribution in [3.8, 4) is 0 Å². The van der Waals surface area contributed by atoms with Crippen molar-refractivity contribution >= 4 is 44.8 Å². The van der Waals surface area contributed by atoms with Crippen LogP contribution in [0.15, 0.2) is 23.0 Å². The van der Waals surface area contributed by atoms with E-state index in [4.69, 9.17) is 28.2 Å². The van der Waals surface area contributed by atoms with Gasteiger partial charge in [0.2, 0.25) is 0 Å². The highest BCUT2D eigenvalue weighted by molar-refractivity contribution is 7.18. The lowest BCUT2D eigenvalue weighted by Gasteiger charge is -2.14. The molecule has 2 aromatic heterocycles. The first kappa shape index (κ1) is 18.0. The summed E-state index contributed by atoms with van der Waals surface area (Å²) in [7, 11) is 2.08. The second kappa shape index (κ2) is 7.31. The number of aryl methyl sites for hydroxylation is 2. The van der Waals surface area contributed by atoms with Crippen molar-refractivity contribution in [3.63, 3.8) is 0 Å². The zero-order valence-electron chi connectivity index (χ0n) is 14.5. The molecular weight excluding hydrogens is 389 g/mol. The standard InChI is InChI=1S/C19H19Cl2N3OS/c1-24(9-11-6-7-13(20)14(21)8-11)10-16-22-18(25)17-12-4-2-3-5-15(12)26-19(17)23-16/h6-8H,2-5,9-10H2,1H3,(H,22,23,25)/p+1. The van der Waals surface area contributed by atoms with E-state index in [9.17, 15) is 4.79 Å². The summed E-state index contributed by atoms with van der Waals surface area (Å²) in [6.07, 6.45) is 4.45. The van der Waals surface area contributed by atoms with Crippen molar-refractivity contribution in [1.82, 2.24) is 9.97 Å². The van der Waals surface area contributed by atoms with Crippen LogP contribution in [0.3, 0.4) is 0 Å². The van der Waals surface area contributed by atoms with Gasteiger partial charge in [-0.05, 0) is 43.4 Å². The van der Waals surface area contributed by atoms with Gasteiger partial charge in [0, 0.05) is 10.4 Å². The minimum Gasteiger partial charge on any atom is -0.327 e. The molecule has 1 aromatic carbocycles. The van der Waals surface area contributed by atoms with Crippen LogP contribution in [0.5, 0.6) is 0 Å². The van der Waals surface area contributed by atoms with Crippen molar-refractivity contribution in [2.75, 3.05) is 7.05 Å². The second-order valence-corrected chi connectivity index (χ2v) is 8.86. The molecule has 0 aliphatic heterocycles. The van der Waals surface area contributed by atoms with Crippen molar-refractivity contribution in [2.45, 2.75) is 38.8 Å². The van der Waals surface area contributed by atoms with Crippen LogP contribution in [0.1, 0.15) is 34.7 Å². The van der Waals surface area contributed by atoms with Gasteiger partial charge in [0.15, 0.2) is 5.82 Å². The number of aromatic nitrogens is 2. The van der Waals surface area contributed by atoms with Gasteiger partial charge in [-0.3, -0.25) is 4.79 Å². The molecule has 136 valence electrons. The fourth-order valence-electron chi connectivity index (χ4n) is 3.64. The Morgan fingerprint density at radius 1 is 1.19 bits per heavy atom. The van der Waals surface area contributed by atoms with Gasteiger partial charge in [0.05, 0.1) is 22.5 Å². The lowest BCUT2D eigenvalue weighted by Crippen LogP contribution is -3.06. The van der Waals surface area contributed by atoms with Gasteiger partial charge in [-0.1, -0.05) is 29.3 Å².